The van der Waals surface area contributed by atoms with Crippen LogP contribution in [0.4, 0.5) is 4.39 Å². The number of nitrogens with zero attached hydrogens (tertiary/aromatic N) is 1. The van der Waals surface area contributed by atoms with E-state index < -0.39 is 0 Å². The molecule has 24 heavy (non-hydrogen) atoms. The lowest BCUT2D eigenvalue weighted by molar-refractivity contribution is 0.112. The number of fused-ring (bicyclic) bond motifs is 2. The number of aldehydes is 1. The molecule has 2 aliphatic rings. The number of carbonyl (C=O) groups excluding carboxylic acids is 1. The number of carbonyl (C=O) groups is 1. The Morgan fingerprint density at radius 1 is 1.21 bits per heavy atom. The molecule has 4 rings (SSSR count). The summed E-state index contributed by atoms with van der Waals surface area (Å²) in [5, 5.41) is 9.71. The summed E-state index contributed by atoms with van der Waals surface area (Å²) in [6.07, 6.45) is 2.77. The number of nitriles is 1. The summed E-state index contributed by atoms with van der Waals surface area (Å²) in [7, 11) is 0. The second-order valence-electron chi connectivity index (χ2n) is 6.14. The van der Waals surface area contributed by atoms with Crippen molar-refractivity contribution >= 4 is 11.9 Å². The Morgan fingerprint density at radius 2 is 2.00 bits per heavy atom. The van der Waals surface area contributed by atoms with Crippen LogP contribution in [0.15, 0.2) is 42.0 Å². The molecule has 0 spiro atoms. The van der Waals surface area contributed by atoms with Crippen LogP contribution in [0.1, 0.15) is 39.9 Å². The summed E-state index contributed by atoms with van der Waals surface area (Å²) in [6, 6.07) is 12.1. The topological polar surface area (TPSA) is 50.1 Å². The second-order valence-corrected chi connectivity index (χ2v) is 6.14. The Bertz CT molecular complexity index is 920. The van der Waals surface area contributed by atoms with Gasteiger partial charge in [-0.25, -0.2) is 4.39 Å². The minimum Gasteiger partial charge on any atom is -0.488 e. The van der Waals surface area contributed by atoms with Gasteiger partial charge in [0.1, 0.15) is 24.5 Å². The molecule has 1 saturated carbocycles. The first-order valence-electron chi connectivity index (χ1n) is 7.86. The average Bonchev–Trinajstić information content (AvgIpc) is 3.43. The predicted octanol–water partition coefficient (Wildman–Crippen LogP) is 4.27. The normalized spacial score (nSPS) is 17.7. The van der Waals surface area contributed by atoms with Crippen LogP contribution in [-0.4, -0.2) is 6.29 Å². The zero-order valence-corrected chi connectivity index (χ0v) is 12.9. The van der Waals surface area contributed by atoms with E-state index in [2.05, 4.69) is 6.07 Å². The fourth-order valence-electron chi connectivity index (χ4n) is 3.19. The highest BCUT2D eigenvalue weighted by Crippen LogP contribution is 2.46. The first kappa shape index (κ1) is 14.6. The summed E-state index contributed by atoms with van der Waals surface area (Å²) in [5.41, 5.74) is 4.53. The van der Waals surface area contributed by atoms with Crippen molar-refractivity contribution in [2.24, 2.45) is 5.92 Å². The molecule has 1 aliphatic carbocycles. The van der Waals surface area contributed by atoms with Crippen LogP contribution in [0.5, 0.6) is 5.75 Å². The third kappa shape index (κ3) is 2.39. The van der Waals surface area contributed by atoms with E-state index in [0.717, 1.165) is 41.4 Å². The van der Waals surface area contributed by atoms with Crippen LogP contribution in [-0.2, 0) is 6.61 Å². The number of halogens is 1. The molecule has 1 fully saturated rings. The van der Waals surface area contributed by atoms with Crippen LogP contribution in [0, 0.1) is 23.1 Å². The van der Waals surface area contributed by atoms with Gasteiger partial charge in [-0.1, -0.05) is 12.1 Å². The zero-order valence-electron chi connectivity index (χ0n) is 12.9. The van der Waals surface area contributed by atoms with E-state index in [0.29, 0.717) is 16.9 Å². The molecule has 3 nitrogen and oxygen atoms in total. The molecule has 0 amide bonds. The lowest BCUT2D eigenvalue weighted by atomic mass is 9.88. The minimum absolute atomic E-state index is 0.236. The van der Waals surface area contributed by atoms with E-state index in [1.807, 2.05) is 6.07 Å². The third-order valence-electron chi connectivity index (χ3n) is 4.51. The van der Waals surface area contributed by atoms with Crippen molar-refractivity contribution in [2.75, 3.05) is 0 Å². The maximum atomic E-state index is 13.6. The van der Waals surface area contributed by atoms with E-state index in [4.69, 9.17) is 4.74 Å². The molecule has 1 heterocycles. The molecule has 0 aromatic heterocycles. The van der Waals surface area contributed by atoms with Crippen LogP contribution in [0.2, 0.25) is 0 Å². The largest absolute Gasteiger partial charge is 0.488 e. The summed E-state index contributed by atoms with van der Waals surface area (Å²) in [6.45, 7) is 0.236. The minimum atomic E-state index is -0.377. The van der Waals surface area contributed by atoms with Crippen LogP contribution in [0.3, 0.4) is 0 Å². The molecule has 0 atom stereocenters. The predicted molar refractivity (Wildman–Crippen MR) is 86.9 cm³/mol. The highest BCUT2D eigenvalue weighted by Gasteiger charge is 2.32. The van der Waals surface area contributed by atoms with Gasteiger partial charge < -0.3 is 4.74 Å². The summed E-state index contributed by atoms with van der Waals surface area (Å²) in [4.78, 5) is 11.1. The third-order valence-corrected chi connectivity index (χ3v) is 4.51. The molecule has 1 aliphatic heterocycles. The van der Waals surface area contributed by atoms with E-state index in [1.165, 1.54) is 12.1 Å². The maximum Gasteiger partial charge on any atom is 0.150 e. The summed E-state index contributed by atoms with van der Waals surface area (Å²) < 4.78 is 19.4. The highest BCUT2D eigenvalue weighted by atomic mass is 19.1. The molecule has 0 radical (unpaired) electrons. The smallest absolute Gasteiger partial charge is 0.150 e. The van der Waals surface area contributed by atoms with Gasteiger partial charge in [0.25, 0.3) is 0 Å². The molecule has 4 heteroatoms. The molecule has 118 valence electrons. The quantitative estimate of drug-likeness (QED) is 0.613. The Labute approximate surface area is 139 Å². The van der Waals surface area contributed by atoms with Gasteiger partial charge >= 0.3 is 0 Å². The Morgan fingerprint density at radius 3 is 2.71 bits per heavy atom. The van der Waals surface area contributed by atoms with Crippen molar-refractivity contribution in [1.29, 1.82) is 5.26 Å². The molecular formula is C20H14FNO2. The van der Waals surface area contributed by atoms with Gasteiger partial charge in [0, 0.05) is 28.3 Å². The molecule has 0 unspecified atom stereocenters. The van der Waals surface area contributed by atoms with Gasteiger partial charge in [-0.05, 0) is 48.1 Å². The molecule has 0 bridgehead atoms. The lowest BCUT2D eigenvalue weighted by Gasteiger charge is -2.13. The SMILES string of the molecule is N#C/C(=C1\c2ccc(C=O)cc2COc2cc(F)ccc21)C1CC1. The fourth-order valence-corrected chi connectivity index (χ4v) is 3.19. The summed E-state index contributed by atoms with van der Waals surface area (Å²) >= 11 is 0. The van der Waals surface area contributed by atoms with Crippen LogP contribution >= 0.6 is 0 Å². The Kier molecular flexibility index (Phi) is 3.42. The van der Waals surface area contributed by atoms with E-state index in [-0.39, 0.29) is 18.3 Å². The highest BCUT2D eigenvalue weighted by molar-refractivity contribution is 5.90. The Balaban J connectivity index is 2.03. The number of rotatable bonds is 2. The summed E-state index contributed by atoms with van der Waals surface area (Å²) in [5.74, 6) is 0.305. The van der Waals surface area contributed by atoms with Crippen molar-refractivity contribution in [3.05, 3.63) is 70.0 Å². The van der Waals surface area contributed by atoms with Crippen molar-refractivity contribution in [3.8, 4) is 11.8 Å². The van der Waals surface area contributed by atoms with Crippen molar-refractivity contribution < 1.29 is 13.9 Å². The zero-order chi connectivity index (χ0) is 16.7. The van der Waals surface area contributed by atoms with Gasteiger partial charge in [0.05, 0.1) is 6.07 Å². The number of benzene rings is 2. The first-order valence-corrected chi connectivity index (χ1v) is 7.86. The number of ether oxygens (including phenoxy) is 1. The monoisotopic (exact) mass is 319 g/mol. The van der Waals surface area contributed by atoms with Gasteiger partial charge in [-0.3, -0.25) is 4.79 Å². The number of hydrogen-bond acceptors (Lipinski definition) is 3. The van der Waals surface area contributed by atoms with Gasteiger partial charge in [0.2, 0.25) is 0 Å². The van der Waals surface area contributed by atoms with Gasteiger partial charge in [-0.15, -0.1) is 0 Å². The molecule has 0 saturated heterocycles. The molecule has 2 aromatic carbocycles. The van der Waals surface area contributed by atoms with Crippen molar-refractivity contribution in [3.63, 3.8) is 0 Å². The van der Waals surface area contributed by atoms with Crippen molar-refractivity contribution in [2.45, 2.75) is 19.4 Å². The average molecular weight is 319 g/mol. The first-order chi connectivity index (χ1) is 11.7. The Hall–Kier alpha value is -2.93. The van der Waals surface area contributed by atoms with E-state index in [9.17, 15) is 14.4 Å². The van der Waals surface area contributed by atoms with E-state index >= 15 is 0 Å². The fraction of sp³-hybridized carbons (Fsp3) is 0.200. The molecule has 0 N–H and O–H groups in total. The second kappa shape index (κ2) is 5.61. The van der Waals surface area contributed by atoms with Gasteiger partial charge in [0.15, 0.2) is 0 Å². The van der Waals surface area contributed by atoms with Crippen molar-refractivity contribution in [1.82, 2.24) is 0 Å². The van der Waals surface area contributed by atoms with Gasteiger partial charge in [-0.2, -0.15) is 5.26 Å². The maximum absolute atomic E-state index is 13.6. The van der Waals surface area contributed by atoms with Crippen LogP contribution in [0.25, 0.3) is 5.57 Å². The van der Waals surface area contributed by atoms with Crippen LogP contribution < -0.4 is 4.74 Å². The molecule has 2 aromatic rings. The molecular weight excluding hydrogens is 305 g/mol. The number of allylic oxidation sites excluding steroid dienone is 1. The standard InChI is InChI=1S/C20H14FNO2/c21-15-4-6-17-19(8-15)24-11-14-7-12(10-23)1-5-16(14)20(17)18(9-22)13-2-3-13/h1,4-8,10,13H,2-3,11H2/b20-18-. The van der Waals surface area contributed by atoms with E-state index in [1.54, 1.807) is 18.2 Å². The number of hydrogen-bond donors (Lipinski definition) is 0. The lowest BCUT2D eigenvalue weighted by Crippen LogP contribution is -1.99.